The largest absolute Gasteiger partial charge is 0.573 e. The molecule has 0 spiro atoms. The van der Waals surface area contributed by atoms with Gasteiger partial charge in [-0.25, -0.2) is 9.07 Å². The van der Waals surface area contributed by atoms with Gasteiger partial charge in [0.25, 0.3) is 6.47 Å². The Hall–Kier alpha value is -3.63. The van der Waals surface area contributed by atoms with E-state index in [-0.39, 0.29) is 18.0 Å². The Morgan fingerprint density at radius 2 is 1.86 bits per heavy atom. The number of anilines is 1. The van der Waals surface area contributed by atoms with E-state index < -0.39 is 6.36 Å². The van der Waals surface area contributed by atoms with E-state index in [2.05, 4.69) is 14.8 Å². The molecule has 3 aromatic rings. The average Bonchev–Trinajstić information content (AvgIpc) is 3.12. The zero-order valence-corrected chi connectivity index (χ0v) is 15.0. The first-order valence-electron chi connectivity index (χ1n) is 8.03. The number of benzene rings is 2. The van der Waals surface area contributed by atoms with Crippen LogP contribution in [0.15, 0.2) is 54.9 Å². The van der Waals surface area contributed by atoms with Gasteiger partial charge in [0, 0.05) is 13.6 Å². The summed E-state index contributed by atoms with van der Waals surface area (Å²) in [5.74, 6) is -0.245. The molecule has 154 valence electrons. The maximum absolute atomic E-state index is 13.2. The standard InChI is InChI=1S/C17H14F4N4O.CH2O2/c1-24(10-12-3-2-4-13(18)9-12)16-22-11-25(23-16)14-5-7-15(8-6-14)26-17(19,20)21;2-1-3/h2-9,11H,10H2,1H3;1H,(H,2,3). The van der Waals surface area contributed by atoms with Crippen molar-refractivity contribution in [1.82, 2.24) is 14.8 Å². The fraction of sp³-hybridized carbons (Fsp3) is 0.167. The SMILES string of the molecule is CN(Cc1cccc(F)c1)c1ncn(-c2ccc(OC(F)(F)F)cc2)n1.O=CO. The number of carboxylic acid groups (broad SMARTS) is 1. The van der Waals surface area contributed by atoms with Crippen LogP contribution in [0.2, 0.25) is 0 Å². The van der Waals surface area contributed by atoms with Gasteiger partial charge in [-0.3, -0.25) is 4.79 Å². The van der Waals surface area contributed by atoms with Crippen molar-refractivity contribution in [2.24, 2.45) is 0 Å². The third-order valence-corrected chi connectivity index (χ3v) is 3.46. The van der Waals surface area contributed by atoms with Crippen LogP contribution in [-0.2, 0) is 11.3 Å². The molecule has 11 heteroatoms. The molecule has 7 nitrogen and oxygen atoms in total. The first-order chi connectivity index (χ1) is 13.7. The van der Waals surface area contributed by atoms with Crippen LogP contribution < -0.4 is 9.64 Å². The van der Waals surface area contributed by atoms with E-state index in [9.17, 15) is 17.6 Å². The van der Waals surface area contributed by atoms with Crippen LogP contribution in [0.1, 0.15) is 5.56 Å². The molecule has 0 aliphatic rings. The lowest BCUT2D eigenvalue weighted by molar-refractivity contribution is -0.274. The van der Waals surface area contributed by atoms with Crippen molar-refractivity contribution in [1.29, 1.82) is 0 Å². The number of hydrogen-bond acceptors (Lipinski definition) is 5. The van der Waals surface area contributed by atoms with Gasteiger partial charge in [-0.15, -0.1) is 18.3 Å². The van der Waals surface area contributed by atoms with E-state index in [4.69, 9.17) is 9.90 Å². The first-order valence-corrected chi connectivity index (χ1v) is 8.03. The fourth-order valence-corrected chi connectivity index (χ4v) is 2.33. The maximum Gasteiger partial charge on any atom is 0.573 e. The highest BCUT2D eigenvalue weighted by Crippen LogP contribution is 2.23. The monoisotopic (exact) mass is 412 g/mol. The maximum atomic E-state index is 13.2. The molecule has 0 saturated heterocycles. The van der Waals surface area contributed by atoms with Crippen LogP contribution in [-0.4, -0.2) is 39.8 Å². The molecule has 1 aromatic heterocycles. The Balaban J connectivity index is 0.000000941. The van der Waals surface area contributed by atoms with Gasteiger partial charge in [-0.2, -0.15) is 4.98 Å². The lowest BCUT2D eigenvalue weighted by atomic mass is 10.2. The normalized spacial score (nSPS) is 10.7. The minimum atomic E-state index is -4.73. The summed E-state index contributed by atoms with van der Waals surface area (Å²) in [4.78, 5) is 14.3. The number of rotatable bonds is 5. The molecule has 0 unspecified atom stereocenters. The highest BCUT2D eigenvalue weighted by Gasteiger charge is 2.31. The molecule has 1 heterocycles. The summed E-state index contributed by atoms with van der Waals surface area (Å²) in [5.41, 5.74) is 1.29. The van der Waals surface area contributed by atoms with Gasteiger partial charge in [0.15, 0.2) is 0 Å². The van der Waals surface area contributed by atoms with Crippen LogP contribution in [0.5, 0.6) is 5.75 Å². The lowest BCUT2D eigenvalue weighted by Crippen LogP contribution is -2.18. The van der Waals surface area contributed by atoms with E-state index in [1.165, 1.54) is 47.4 Å². The lowest BCUT2D eigenvalue weighted by Gasteiger charge is -2.14. The van der Waals surface area contributed by atoms with Gasteiger partial charge in [-0.05, 0) is 42.0 Å². The molecule has 29 heavy (non-hydrogen) atoms. The summed E-state index contributed by atoms with van der Waals surface area (Å²) in [6.07, 6.45) is -3.29. The molecular formula is C18H16F4N4O3. The quantitative estimate of drug-likeness (QED) is 0.509. The van der Waals surface area contributed by atoms with Crippen molar-refractivity contribution in [2.75, 3.05) is 11.9 Å². The fourth-order valence-electron chi connectivity index (χ4n) is 2.33. The number of halogens is 4. The molecule has 0 aliphatic carbocycles. The van der Waals surface area contributed by atoms with Crippen molar-refractivity contribution in [3.8, 4) is 11.4 Å². The van der Waals surface area contributed by atoms with E-state index in [0.29, 0.717) is 18.2 Å². The second kappa shape index (κ2) is 9.53. The van der Waals surface area contributed by atoms with Gasteiger partial charge in [-0.1, -0.05) is 12.1 Å². The molecular weight excluding hydrogens is 396 g/mol. The molecule has 0 fully saturated rings. The second-order valence-corrected chi connectivity index (χ2v) is 5.62. The van der Waals surface area contributed by atoms with Crippen molar-refractivity contribution < 1.29 is 32.2 Å². The molecule has 1 N–H and O–H groups in total. The first kappa shape index (κ1) is 21.7. The summed E-state index contributed by atoms with van der Waals surface area (Å²) >= 11 is 0. The molecule has 0 amide bonds. The van der Waals surface area contributed by atoms with Gasteiger partial charge in [0.2, 0.25) is 5.95 Å². The minimum absolute atomic E-state index is 0.250. The summed E-state index contributed by atoms with van der Waals surface area (Å²) < 4.78 is 55.0. The van der Waals surface area contributed by atoms with Crippen LogP contribution in [0.3, 0.4) is 0 Å². The smallest absolute Gasteiger partial charge is 0.483 e. The predicted molar refractivity (Wildman–Crippen MR) is 95.2 cm³/mol. The zero-order chi connectivity index (χ0) is 21.4. The molecule has 0 bridgehead atoms. The predicted octanol–water partition coefficient (Wildman–Crippen LogP) is 3.64. The van der Waals surface area contributed by atoms with Gasteiger partial charge >= 0.3 is 6.36 Å². The molecule has 0 atom stereocenters. The van der Waals surface area contributed by atoms with Gasteiger partial charge in [0.05, 0.1) is 5.69 Å². The summed E-state index contributed by atoms with van der Waals surface area (Å²) in [6.45, 7) is 0.153. The van der Waals surface area contributed by atoms with E-state index >= 15 is 0 Å². The number of carbonyl (C=O) groups is 1. The Labute approximate surface area is 162 Å². The molecule has 0 aliphatic heterocycles. The Bertz CT molecular complexity index is 929. The van der Waals surface area contributed by atoms with Crippen molar-refractivity contribution in [2.45, 2.75) is 12.9 Å². The summed E-state index contributed by atoms with van der Waals surface area (Å²) in [5, 5.41) is 11.2. The second-order valence-electron chi connectivity index (χ2n) is 5.62. The van der Waals surface area contributed by atoms with Crippen molar-refractivity contribution >= 4 is 12.4 Å². The molecule has 2 aromatic carbocycles. The summed E-state index contributed by atoms with van der Waals surface area (Å²) in [7, 11) is 1.75. The molecule has 3 rings (SSSR count). The number of ether oxygens (including phenoxy) is 1. The third kappa shape index (κ3) is 6.79. The summed E-state index contributed by atoms with van der Waals surface area (Å²) in [6, 6.07) is 11.5. The Morgan fingerprint density at radius 1 is 1.21 bits per heavy atom. The number of aromatic nitrogens is 3. The minimum Gasteiger partial charge on any atom is -0.483 e. The van der Waals surface area contributed by atoms with E-state index in [1.54, 1.807) is 24.1 Å². The van der Waals surface area contributed by atoms with Crippen LogP contribution in [0.4, 0.5) is 23.5 Å². The van der Waals surface area contributed by atoms with Crippen LogP contribution in [0, 0.1) is 5.82 Å². The van der Waals surface area contributed by atoms with Crippen molar-refractivity contribution in [3.05, 3.63) is 66.2 Å². The van der Waals surface area contributed by atoms with E-state index in [0.717, 1.165) is 5.56 Å². The highest BCUT2D eigenvalue weighted by atomic mass is 19.4. The van der Waals surface area contributed by atoms with Crippen LogP contribution in [0.25, 0.3) is 5.69 Å². The van der Waals surface area contributed by atoms with E-state index in [1.807, 2.05) is 0 Å². The average molecular weight is 412 g/mol. The Kier molecular flexibility index (Phi) is 7.12. The third-order valence-electron chi connectivity index (χ3n) is 3.46. The van der Waals surface area contributed by atoms with Crippen LogP contribution >= 0.6 is 0 Å². The number of hydrogen-bond donors (Lipinski definition) is 1. The Morgan fingerprint density at radius 3 is 2.45 bits per heavy atom. The number of nitrogens with zero attached hydrogens (tertiary/aromatic N) is 4. The van der Waals surface area contributed by atoms with Gasteiger partial charge in [0.1, 0.15) is 17.9 Å². The molecule has 0 saturated carbocycles. The highest BCUT2D eigenvalue weighted by molar-refractivity contribution is 5.38. The van der Waals surface area contributed by atoms with Gasteiger partial charge < -0.3 is 14.7 Å². The van der Waals surface area contributed by atoms with Crippen molar-refractivity contribution in [3.63, 3.8) is 0 Å². The molecule has 0 radical (unpaired) electrons. The zero-order valence-electron chi connectivity index (χ0n) is 15.0. The topological polar surface area (TPSA) is 80.5 Å². The number of alkyl halides is 3.